The Labute approximate surface area is 125 Å². The van der Waals surface area contributed by atoms with Crippen molar-refractivity contribution in [1.82, 2.24) is 0 Å². The first-order valence-corrected chi connectivity index (χ1v) is 7.16. The summed E-state index contributed by atoms with van der Waals surface area (Å²) in [6, 6.07) is 13.9. The van der Waals surface area contributed by atoms with E-state index in [0.717, 1.165) is 28.6 Å². The van der Waals surface area contributed by atoms with Gasteiger partial charge < -0.3 is 10.1 Å². The molecule has 0 aromatic heterocycles. The van der Waals surface area contributed by atoms with Gasteiger partial charge in [-0.05, 0) is 50.1 Å². The van der Waals surface area contributed by atoms with Crippen LogP contribution in [0.25, 0.3) is 0 Å². The molecule has 0 aliphatic rings. The quantitative estimate of drug-likeness (QED) is 0.851. The van der Waals surface area contributed by atoms with Crippen molar-refractivity contribution in [3.8, 4) is 5.75 Å². The third-order valence-corrected chi connectivity index (χ3v) is 3.44. The van der Waals surface area contributed by atoms with Gasteiger partial charge in [-0.25, -0.2) is 0 Å². The number of benzene rings is 2. The number of halogens is 1. The van der Waals surface area contributed by atoms with Gasteiger partial charge in [-0.1, -0.05) is 35.9 Å². The molecule has 20 heavy (non-hydrogen) atoms. The molecule has 1 N–H and O–H groups in total. The third-order valence-electron chi connectivity index (χ3n) is 3.20. The van der Waals surface area contributed by atoms with E-state index < -0.39 is 0 Å². The average Bonchev–Trinajstić information content (AvgIpc) is 2.42. The Bertz CT molecular complexity index is 583. The molecule has 106 valence electrons. The van der Waals surface area contributed by atoms with Gasteiger partial charge >= 0.3 is 0 Å². The van der Waals surface area contributed by atoms with Crippen LogP contribution < -0.4 is 10.1 Å². The van der Waals surface area contributed by atoms with Gasteiger partial charge in [-0.15, -0.1) is 0 Å². The number of rotatable bonds is 5. The van der Waals surface area contributed by atoms with Gasteiger partial charge in [0.15, 0.2) is 0 Å². The Kier molecular flexibility index (Phi) is 4.91. The van der Waals surface area contributed by atoms with Crippen LogP contribution in [0.5, 0.6) is 5.75 Å². The summed E-state index contributed by atoms with van der Waals surface area (Å²) in [5.41, 5.74) is 3.38. The molecule has 0 spiro atoms. The molecule has 1 atom stereocenters. The van der Waals surface area contributed by atoms with Gasteiger partial charge in [0.1, 0.15) is 11.9 Å². The Morgan fingerprint density at radius 3 is 2.60 bits per heavy atom. The summed E-state index contributed by atoms with van der Waals surface area (Å²) >= 11 is 6.01. The Morgan fingerprint density at radius 2 is 1.85 bits per heavy atom. The van der Waals surface area contributed by atoms with Crippen LogP contribution in [0.1, 0.15) is 18.1 Å². The maximum absolute atomic E-state index is 6.01. The maximum atomic E-state index is 6.01. The fourth-order valence-corrected chi connectivity index (χ4v) is 2.16. The average molecular weight is 290 g/mol. The van der Waals surface area contributed by atoms with E-state index in [1.807, 2.05) is 36.4 Å². The van der Waals surface area contributed by atoms with Crippen molar-refractivity contribution in [3.63, 3.8) is 0 Å². The van der Waals surface area contributed by atoms with Crippen molar-refractivity contribution in [2.45, 2.75) is 26.9 Å². The first-order chi connectivity index (χ1) is 9.56. The van der Waals surface area contributed by atoms with Crippen LogP contribution in [-0.4, -0.2) is 12.6 Å². The molecule has 0 fully saturated rings. The van der Waals surface area contributed by atoms with Crippen molar-refractivity contribution in [2.75, 3.05) is 11.9 Å². The lowest BCUT2D eigenvalue weighted by molar-refractivity contribution is 0.233. The molecule has 0 saturated heterocycles. The fraction of sp³-hybridized carbons (Fsp3) is 0.294. The van der Waals surface area contributed by atoms with E-state index in [-0.39, 0.29) is 6.10 Å². The number of nitrogens with one attached hydrogen (secondary N) is 1. The molecule has 0 radical (unpaired) electrons. The summed E-state index contributed by atoms with van der Waals surface area (Å²) in [6.07, 6.45) is 0.0782. The van der Waals surface area contributed by atoms with Gasteiger partial charge in [0.2, 0.25) is 0 Å². The predicted octanol–water partition coefficient (Wildman–Crippen LogP) is 4.84. The molecule has 0 bridgehead atoms. The molecule has 2 rings (SSSR count). The highest BCUT2D eigenvalue weighted by atomic mass is 35.5. The van der Waals surface area contributed by atoms with E-state index in [0.29, 0.717) is 0 Å². The number of anilines is 1. The first kappa shape index (κ1) is 14.7. The zero-order valence-corrected chi connectivity index (χ0v) is 12.9. The Hall–Kier alpha value is -1.67. The van der Waals surface area contributed by atoms with E-state index in [4.69, 9.17) is 16.3 Å². The van der Waals surface area contributed by atoms with Crippen LogP contribution in [0.4, 0.5) is 5.69 Å². The largest absolute Gasteiger partial charge is 0.489 e. The lowest BCUT2D eigenvalue weighted by atomic mass is 10.2. The second kappa shape index (κ2) is 6.67. The molecule has 1 unspecified atom stereocenters. The molecular weight excluding hydrogens is 270 g/mol. The molecule has 0 aliphatic carbocycles. The fourth-order valence-electron chi connectivity index (χ4n) is 1.99. The number of aryl methyl sites for hydroxylation is 2. The summed E-state index contributed by atoms with van der Waals surface area (Å²) in [7, 11) is 0. The highest BCUT2D eigenvalue weighted by Crippen LogP contribution is 2.21. The van der Waals surface area contributed by atoms with Gasteiger partial charge in [-0.3, -0.25) is 0 Å². The SMILES string of the molecule is Cc1ccc(Cl)cc1NCC(C)Oc1ccccc1C. The molecule has 2 aromatic rings. The van der Waals surface area contributed by atoms with Crippen LogP contribution >= 0.6 is 11.6 Å². The normalized spacial score (nSPS) is 12.0. The molecule has 2 aromatic carbocycles. The van der Waals surface area contributed by atoms with E-state index >= 15 is 0 Å². The standard InChI is InChI=1S/C17H20ClNO/c1-12-8-9-15(18)10-16(12)19-11-14(3)20-17-7-5-4-6-13(17)2/h4-10,14,19H,11H2,1-3H3. The monoisotopic (exact) mass is 289 g/mol. The van der Waals surface area contributed by atoms with Crippen LogP contribution in [0, 0.1) is 13.8 Å². The Balaban J connectivity index is 1.94. The third kappa shape index (κ3) is 3.91. The topological polar surface area (TPSA) is 21.3 Å². The van der Waals surface area contributed by atoms with E-state index in [1.54, 1.807) is 0 Å². The number of para-hydroxylation sites is 1. The van der Waals surface area contributed by atoms with Gasteiger partial charge in [0.25, 0.3) is 0 Å². The lowest BCUT2D eigenvalue weighted by Gasteiger charge is -2.18. The van der Waals surface area contributed by atoms with Gasteiger partial charge in [0.05, 0.1) is 6.54 Å². The molecule has 0 aliphatic heterocycles. The minimum absolute atomic E-state index is 0.0782. The minimum atomic E-state index is 0.0782. The summed E-state index contributed by atoms with van der Waals surface area (Å²) in [6.45, 7) is 6.90. The molecule has 0 heterocycles. The number of ether oxygens (including phenoxy) is 1. The van der Waals surface area contributed by atoms with Crippen LogP contribution in [-0.2, 0) is 0 Å². The van der Waals surface area contributed by atoms with Crippen molar-refractivity contribution in [2.24, 2.45) is 0 Å². The number of hydrogen-bond donors (Lipinski definition) is 1. The van der Waals surface area contributed by atoms with Gasteiger partial charge in [-0.2, -0.15) is 0 Å². The maximum Gasteiger partial charge on any atom is 0.122 e. The predicted molar refractivity (Wildman–Crippen MR) is 85.9 cm³/mol. The van der Waals surface area contributed by atoms with E-state index in [9.17, 15) is 0 Å². The highest BCUT2D eigenvalue weighted by Gasteiger charge is 2.07. The minimum Gasteiger partial charge on any atom is -0.489 e. The van der Waals surface area contributed by atoms with Crippen LogP contribution in [0.3, 0.4) is 0 Å². The van der Waals surface area contributed by atoms with Crippen molar-refractivity contribution < 1.29 is 4.74 Å². The summed E-state index contributed by atoms with van der Waals surface area (Å²) < 4.78 is 5.94. The van der Waals surface area contributed by atoms with Crippen molar-refractivity contribution in [3.05, 3.63) is 58.6 Å². The van der Waals surface area contributed by atoms with Crippen molar-refractivity contribution >= 4 is 17.3 Å². The molecular formula is C17H20ClNO. The summed E-state index contributed by atoms with van der Waals surface area (Å²) in [4.78, 5) is 0. The summed E-state index contributed by atoms with van der Waals surface area (Å²) in [5, 5.41) is 4.13. The zero-order valence-electron chi connectivity index (χ0n) is 12.1. The molecule has 0 saturated carbocycles. The number of hydrogen-bond acceptors (Lipinski definition) is 2. The van der Waals surface area contributed by atoms with Crippen LogP contribution in [0.15, 0.2) is 42.5 Å². The van der Waals surface area contributed by atoms with E-state index in [1.165, 1.54) is 5.56 Å². The smallest absolute Gasteiger partial charge is 0.122 e. The second-order valence-corrected chi connectivity index (χ2v) is 5.47. The molecule has 0 amide bonds. The highest BCUT2D eigenvalue weighted by molar-refractivity contribution is 6.30. The van der Waals surface area contributed by atoms with Gasteiger partial charge in [0, 0.05) is 10.7 Å². The summed E-state index contributed by atoms with van der Waals surface area (Å²) in [5.74, 6) is 0.935. The van der Waals surface area contributed by atoms with Crippen LogP contribution in [0.2, 0.25) is 5.02 Å². The molecule has 2 nitrogen and oxygen atoms in total. The van der Waals surface area contributed by atoms with E-state index in [2.05, 4.69) is 32.2 Å². The Morgan fingerprint density at radius 1 is 1.10 bits per heavy atom. The second-order valence-electron chi connectivity index (χ2n) is 5.03. The first-order valence-electron chi connectivity index (χ1n) is 6.78. The lowest BCUT2D eigenvalue weighted by Crippen LogP contribution is -2.23. The molecule has 3 heteroatoms. The zero-order chi connectivity index (χ0) is 14.5. The van der Waals surface area contributed by atoms with Crippen molar-refractivity contribution in [1.29, 1.82) is 0 Å².